The van der Waals surface area contributed by atoms with Crippen LogP contribution < -0.4 is 22.1 Å². The number of halogens is 3. The van der Waals surface area contributed by atoms with Crippen LogP contribution >= 0.6 is 0 Å². The van der Waals surface area contributed by atoms with Gasteiger partial charge in [0.2, 0.25) is 0 Å². The van der Waals surface area contributed by atoms with Crippen molar-refractivity contribution in [3.05, 3.63) is 0 Å². The third kappa shape index (κ3) is 36.5. The maximum atomic E-state index is 10.9. The highest BCUT2D eigenvalue weighted by Crippen LogP contribution is 2.15. The molecule has 0 unspecified atom stereocenters. The molecule has 0 rings (SSSR count). The molecule has 43 heavy (non-hydrogen) atoms. The lowest BCUT2D eigenvalue weighted by atomic mass is 10.0. The molecule has 0 aromatic carbocycles. The number of hydrogen-bond acceptors (Lipinski definition) is 7. The molecule has 0 bridgehead atoms. The van der Waals surface area contributed by atoms with Crippen LogP contribution in [0.15, 0.2) is 0 Å². The van der Waals surface area contributed by atoms with E-state index in [-0.39, 0.29) is 0 Å². The number of amides is 2. The molecule has 2 amide bonds. The van der Waals surface area contributed by atoms with E-state index in [0.29, 0.717) is 6.54 Å². The summed E-state index contributed by atoms with van der Waals surface area (Å²) in [4.78, 5) is 25.0. The second-order valence-electron chi connectivity index (χ2n) is 11.3. The van der Waals surface area contributed by atoms with E-state index in [0.717, 1.165) is 45.6 Å². The summed E-state index contributed by atoms with van der Waals surface area (Å²) in [5.41, 5.74) is 10.7. The number of unbranched alkanes of at least 4 members (excludes halogenated alkanes) is 16. The molecular weight excluding hydrogens is 563 g/mol. The van der Waals surface area contributed by atoms with E-state index >= 15 is 0 Å². The van der Waals surface area contributed by atoms with Gasteiger partial charge in [0.25, 0.3) is 0 Å². The first kappa shape index (κ1) is 43.5. The molecule has 0 saturated carbocycles. The second-order valence-corrected chi connectivity index (χ2v) is 11.3. The van der Waals surface area contributed by atoms with Crippen LogP contribution in [-0.2, 0) is 9.68 Å². The molecule has 12 heteroatoms. The number of alkyl halides is 3. The van der Waals surface area contributed by atoms with Crippen LogP contribution in [0.4, 0.5) is 18.0 Å². The van der Waals surface area contributed by atoms with Crippen LogP contribution in [-0.4, -0.2) is 74.1 Å². The zero-order chi connectivity index (χ0) is 32.4. The van der Waals surface area contributed by atoms with Crippen molar-refractivity contribution < 1.29 is 32.9 Å². The summed E-state index contributed by atoms with van der Waals surface area (Å²) < 4.78 is 32.4. The minimum Gasteiger partial charge on any atom is -0.352 e. The molecule has 0 radical (unpaired) electrons. The summed E-state index contributed by atoms with van der Waals surface area (Å²) in [6.45, 7) is 9.20. The molecule has 0 spiro atoms. The predicted molar refractivity (Wildman–Crippen MR) is 169 cm³/mol. The third-order valence-corrected chi connectivity index (χ3v) is 7.23. The van der Waals surface area contributed by atoms with Gasteiger partial charge >= 0.3 is 18.2 Å². The summed E-state index contributed by atoms with van der Waals surface area (Å²) in [6, 6.07) is -0.419. The molecular formula is C31H64F3N5O4. The smallest absolute Gasteiger partial charge is 0.352 e. The molecule has 0 heterocycles. The molecule has 0 aliphatic carbocycles. The first-order valence-electron chi connectivity index (χ1n) is 16.8. The van der Waals surface area contributed by atoms with Gasteiger partial charge in [0.1, 0.15) is 0 Å². The van der Waals surface area contributed by atoms with Crippen molar-refractivity contribution in [2.45, 2.75) is 142 Å². The summed E-state index contributed by atoms with van der Waals surface area (Å²) in [5, 5.41) is 13.3. The van der Waals surface area contributed by atoms with Crippen molar-refractivity contribution in [1.29, 1.82) is 0 Å². The maximum absolute atomic E-state index is 10.9. The van der Waals surface area contributed by atoms with Gasteiger partial charge in [-0.3, -0.25) is 4.89 Å². The van der Waals surface area contributed by atoms with E-state index in [1.54, 1.807) is 0 Å². The molecule has 9 nitrogen and oxygen atoms in total. The number of urea groups is 1. The third-order valence-electron chi connectivity index (χ3n) is 7.23. The highest BCUT2D eigenvalue weighted by atomic mass is 19.4. The Bertz CT molecular complexity index is 616. The Kier molecular flexibility index (Phi) is 33.7. The number of hydrogen-bond donors (Lipinski definition) is 5. The number of carbonyl (C=O) groups excluding carboxylic acids is 2. The lowest BCUT2D eigenvalue weighted by Crippen LogP contribution is -2.34. The Hall–Kier alpha value is -1.63. The van der Waals surface area contributed by atoms with Gasteiger partial charge in [0.05, 0.1) is 0 Å². The predicted octanol–water partition coefficient (Wildman–Crippen LogP) is 6.89. The van der Waals surface area contributed by atoms with Gasteiger partial charge < -0.3 is 27.0 Å². The fraction of sp³-hybridized carbons (Fsp3) is 0.935. The van der Waals surface area contributed by atoms with Crippen molar-refractivity contribution in [2.24, 2.45) is 11.5 Å². The second kappa shape index (κ2) is 33.3. The van der Waals surface area contributed by atoms with Gasteiger partial charge in [-0.15, -0.1) is 0 Å². The Labute approximate surface area is 259 Å². The molecule has 7 N–H and O–H groups in total. The minimum atomic E-state index is -5.10. The van der Waals surface area contributed by atoms with Gasteiger partial charge in [-0.25, -0.2) is 9.59 Å². The van der Waals surface area contributed by atoms with Gasteiger partial charge in [-0.05, 0) is 71.4 Å². The number of nitrogens with one attached hydrogen (secondary N) is 2. The van der Waals surface area contributed by atoms with E-state index in [9.17, 15) is 22.8 Å². The number of carbonyl (C=O) groups is 2. The van der Waals surface area contributed by atoms with Crippen molar-refractivity contribution in [1.82, 2.24) is 15.5 Å². The molecule has 0 fully saturated rings. The Balaban J connectivity index is 0. The Morgan fingerprint density at radius 1 is 0.674 bits per heavy atom. The fourth-order valence-electron chi connectivity index (χ4n) is 4.72. The van der Waals surface area contributed by atoms with E-state index in [2.05, 4.69) is 27.3 Å². The average Bonchev–Trinajstić information content (AvgIpc) is 2.97. The van der Waals surface area contributed by atoms with Gasteiger partial charge in [0.15, 0.2) is 0 Å². The average molecular weight is 628 g/mol. The minimum absolute atomic E-state index is 0.419. The monoisotopic (exact) mass is 627 g/mol. The standard InChI is InChI=1S/C29H63N5O.C2HF3O3/c1-2-3-4-5-6-7-8-9-10-11-12-13-14-15-16-18-26-34(28-21-25-33-29(31)35)27-19-17-23-32-24-20-22-30;3-2(4,5)1(6)8-7/h32H,2-28,30H2,1H3,(H3,31,33,35);7H. The van der Waals surface area contributed by atoms with Crippen LogP contribution in [0.25, 0.3) is 0 Å². The SMILES string of the molecule is CCCCCCCCCCCCCCCCCCN(CCCCNCCCN)CCCNC(N)=O.O=C(OO)C(F)(F)F. The Morgan fingerprint density at radius 3 is 1.49 bits per heavy atom. The van der Waals surface area contributed by atoms with Crippen LogP contribution in [0.3, 0.4) is 0 Å². The zero-order valence-corrected chi connectivity index (χ0v) is 27.0. The zero-order valence-electron chi connectivity index (χ0n) is 27.0. The van der Waals surface area contributed by atoms with Gasteiger partial charge in [-0.2, -0.15) is 18.4 Å². The molecule has 0 atom stereocenters. The Morgan fingerprint density at radius 2 is 1.09 bits per heavy atom. The molecule has 0 aromatic heterocycles. The van der Waals surface area contributed by atoms with E-state index in [1.165, 1.54) is 122 Å². The highest BCUT2D eigenvalue weighted by molar-refractivity contribution is 5.74. The van der Waals surface area contributed by atoms with Crippen molar-refractivity contribution in [2.75, 3.05) is 45.8 Å². The van der Waals surface area contributed by atoms with Crippen LogP contribution in [0.5, 0.6) is 0 Å². The lowest BCUT2D eigenvalue weighted by Gasteiger charge is -2.22. The molecule has 0 aliphatic rings. The van der Waals surface area contributed by atoms with Gasteiger partial charge in [-0.1, -0.05) is 103 Å². The van der Waals surface area contributed by atoms with E-state index in [1.807, 2.05) is 0 Å². The first-order chi connectivity index (χ1) is 20.7. The van der Waals surface area contributed by atoms with Crippen molar-refractivity contribution in [3.8, 4) is 0 Å². The number of nitrogens with two attached hydrogens (primary N) is 2. The van der Waals surface area contributed by atoms with E-state index in [4.69, 9.17) is 16.7 Å². The molecule has 0 aromatic rings. The highest BCUT2D eigenvalue weighted by Gasteiger charge is 2.41. The number of nitrogens with zero attached hydrogens (tertiary/aromatic N) is 1. The van der Waals surface area contributed by atoms with E-state index < -0.39 is 18.2 Å². The summed E-state index contributed by atoms with van der Waals surface area (Å²) in [6.07, 6.45) is 21.9. The fourth-order valence-corrected chi connectivity index (χ4v) is 4.72. The summed E-state index contributed by atoms with van der Waals surface area (Å²) in [7, 11) is 0. The van der Waals surface area contributed by atoms with Crippen LogP contribution in [0.1, 0.15) is 135 Å². The van der Waals surface area contributed by atoms with Gasteiger partial charge in [0, 0.05) is 6.54 Å². The first-order valence-corrected chi connectivity index (χ1v) is 16.8. The molecule has 258 valence electrons. The van der Waals surface area contributed by atoms with Crippen molar-refractivity contribution >= 4 is 12.0 Å². The number of rotatable bonds is 29. The summed E-state index contributed by atoms with van der Waals surface area (Å²) in [5.74, 6) is -2.61. The number of primary amides is 1. The van der Waals surface area contributed by atoms with Crippen molar-refractivity contribution in [3.63, 3.8) is 0 Å². The lowest BCUT2D eigenvalue weighted by molar-refractivity contribution is -0.272. The van der Waals surface area contributed by atoms with Crippen LogP contribution in [0.2, 0.25) is 0 Å². The quantitative estimate of drug-likeness (QED) is 0.0345. The maximum Gasteiger partial charge on any atom is 0.494 e. The molecule has 0 saturated heterocycles. The summed E-state index contributed by atoms with van der Waals surface area (Å²) >= 11 is 0. The normalized spacial score (nSPS) is 11.3. The van der Waals surface area contributed by atoms with Crippen LogP contribution in [0, 0.1) is 0 Å². The largest absolute Gasteiger partial charge is 0.494 e. The topological polar surface area (TPSA) is 143 Å². The molecule has 0 aliphatic heterocycles.